The molecule has 2 aromatic rings. The Bertz CT molecular complexity index is 575. The number of hydrogen-bond donors (Lipinski definition) is 0. The molecule has 0 bridgehead atoms. The highest BCUT2D eigenvalue weighted by Gasteiger charge is 2.51. The molecule has 0 radical (unpaired) electrons. The average Bonchev–Trinajstić information content (AvgIpc) is 2.80. The van der Waals surface area contributed by atoms with Crippen LogP contribution in [0, 0.1) is 0 Å². The summed E-state index contributed by atoms with van der Waals surface area (Å²) in [4.78, 5) is 4.33. The molecular weight excluding hydrogens is 229 g/mol. The van der Waals surface area contributed by atoms with Gasteiger partial charge < -0.3 is 13.7 Å². The molecule has 0 amide bonds. The van der Waals surface area contributed by atoms with Gasteiger partial charge in [0.2, 0.25) is 0 Å². The lowest BCUT2D eigenvalue weighted by molar-refractivity contribution is 0.00578. The minimum Gasteiger partial charge on any atom is -0.470 e. The molecule has 2 aromatic heterocycles. The Kier molecular flexibility index (Phi) is 2.34. The van der Waals surface area contributed by atoms with Crippen molar-refractivity contribution in [3.05, 3.63) is 24.8 Å². The van der Waals surface area contributed by atoms with Crippen LogP contribution in [-0.4, -0.2) is 23.3 Å². The van der Waals surface area contributed by atoms with E-state index in [4.69, 9.17) is 13.7 Å². The largest absolute Gasteiger partial charge is 0.496 e. The third-order valence-corrected chi connectivity index (χ3v) is 3.87. The van der Waals surface area contributed by atoms with Gasteiger partial charge in [-0.15, -0.1) is 0 Å². The summed E-state index contributed by atoms with van der Waals surface area (Å²) in [5.74, 6) is 0. The summed E-state index contributed by atoms with van der Waals surface area (Å²) in [5.41, 5.74) is 1.10. The molecule has 94 valence electrons. The molecule has 3 rings (SSSR count). The lowest BCUT2D eigenvalue weighted by Gasteiger charge is -2.32. The van der Waals surface area contributed by atoms with E-state index in [2.05, 4.69) is 4.98 Å². The highest BCUT2D eigenvalue weighted by Crippen LogP contribution is 2.36. The van der Waals surface area contributed by atoms with E-state index in [-0.39, 0.29) is 18.3 Å². The van der Waals surface area contributed by atoms with Crippen LogP contribution in [-0.2, 0) is 9.31 Å². The van der Waals surface area contributed by atoms with Gasteiger partial charge in [0.05, 0.1) is 17.5 Å². The highest BCUT2D eigenvalue weighted by molar-refractivity contribution is 6.62. The number of nitrogens with zero attached hydrogens (tertiary/aromatic N) is 1. The Labute approximate surface area is 106 Å². The second kappa shape index (κ2) is 3.59. The third-order valence-electron chi connectivity index (χ3n) is 3.87. The Morgan fingerprint density at radius 3 is 2.39 bits per heavy atom. The van der Waals surface area contributed by atoms with Crippen LogP contribution in [0.15, 0.2) is 29.2 Å². The maximum atomic E-state index is 5.98. The zero-order valence-corrected chi connectivity index (χ0v) is 11.1. The fourth-order valence-corrected chi connectivity index (χ4v) is 1.98. The number of rotatable bonds is 1. The average molecular weight is 245 g/mol. The molecule has 0 atom stereocenters. The molecular formula is C13H16BNO3. The van der Waals surface area contributed by atoms with Gasteiger partial charge in [-0.25, -0.2) is 0 Å². The smallest absolute Gasteiger partial charge is 0.470 e. The van der Waals surface area contributed by atoms with E-state index in [1.54, 1.807) is 18.7 Å². The van der Waals surface area contributed by atoms with Crippen LogP contribution in [0.2, 0.25) is 0 Å². The Morgan fingerprint density at radius 2 is 1.72 bits per heavy atom. The number of aromatic nitrogens is 1. The van der Waals surface area contributed by atoms with Crippen LogP contribution >= 0.6 is 0 Å². The lowest BCUT2D eigenvalue weighted by atomic mass is 9.80. The molecule has 0 unspecified atom stereocenters. The maximum Gasteiger partial charge on any atom is 0.496 e. The van der Waals surface area contributed by atoms with Crippen molar-refractivity contribution in [2.75, 3.05) is 0 Å². The van der Waals surface area contributed by atoms with E-state index in [0.29, 0.717) is 0 Å². The summed E-state index contributed by atoms with van der Waals surface area (Å²) in [6.45, 7) is 8.15. The van der Waals surface area contributed by atoms with Crippen LogP contribution < -0.4 is 5.46 Å². The molecule has 5 heteroatoms. The van der Waals surface area contributed by atoms with Gasteiger partial charge in [0.25, 0.3) is 0 Å². The molecule has 1 aliphatic heterocycles. The molecule has 0 aromatic carbocycles. The van der Waals surface area contributed by atoms with Crippen LogP contribution in [0.5, 0.6) is 0 Å². The van der Waals surface area contributed by atoms with Crippen molar-refractivity contribution in [1.82, 2.24) is 4.98 Å². The van der Waals surface area contributed by atoms with E-state index in [0.717, 1.165) is 16.4 Å². The van der Waals surface area contributed by atoms with Gasteiger partial charge in [-0.3, -0.25) is 4.98 Å². The normalized spacial score (nSPS) is 21.7. The van der Waals surface area contributed by atoms with Gasteiger partial charge >= 0.3 is 7.12 Å². The fourth-order valence-electron chi connectivity index (χ4n) is 1.98. The van der Waals surface area contributed by atoms with Gasteiger partial charge in [-0.1, -0.05) is 0 Å². The first kappa shape index (κ1) is 11.7. The lowest BCUT2D eigenvalue weighted by Crippen LogP contribution is -2.41. The summed E-state index contributed by atoms with van der Waals surface area (Å²) >= 11 is 0. The Hall–Kier alpha value is -1.33. The van der Waals surface area contributed by atoms with Crippen LogP contribution in [0.25, 0.3) is 10.9 Å². The first-order valence-corrected chi connectivity index (χ1v) is 6.06. The number of hydrogen-bond acceptors (Lipinski definition) is 4. The van der Waals surface area contributed by atoms with Crippen molar-refractivity contribution in [3.63, 3.8) is 0 Å². The van der Waals surface area contributed by atoms with E-state index in [1.807, 2.05) is 33.8 Å². The van der Waals surface area contributed by atoms with E-state index >= 15 is 0 Å². The van der Waals surface area contributed by atoms with Crippen molar-refractivity contribution in [2.45, 2.75) is 38.9 Å². The molecule has 1 aliphatic rings. The Morgan fingerprint density at radius 1 is 1.06 bits per heavy atom. The molecule has 1 saturated heterocycles. The standard InChI is InChI=1S/C13H16BNO3/c1-12(2)13(3,4)18-14(17-12)10-5-9-7-16-8-11(9)15-6-10/h5-8H,1-4H3. The van der Waals surface area contributed by atoms with Crippen molar-refractivity contribution in [2.24, 2.45) is 0 Å². The van der Waals surface area contributed by atoms with Gasteiger partial charge in [0.1, 0.15) is 11.8 Å². The van der Waals surface area contributed by atoms with Crippen LogP contribution in [0.4, 0.5) is 0 Å². The van der Waals surface area contributed by atoms with Crippen LogP contribution in [0.1, 0.15) is 27.7 Å². The molecule has 4 nitrogen and oxygen atoms in total. The maximum absolute atomic E-state index is 5.98. The summed E-state index contributed by atoms with van der Waals surface area (Å²) in [6, 6.07) is 1.99. The second-order valence-corrected chi connectivity index (χ2v) is 5.70. The zero-order valence-electron chi connectivity index (χ0n) is 11.1. The molecule has 0 N–H and O–H groups in total. The SMILES string of the molecule is CC1(C)OB(c2cnc3cocc3c2)OC1(C)C. The summed E-state index contributed by atoms with van der Waals surface area (Å²) in [6.07, 6.45) is 5.08. The zero-order chi connectivity index (χ0) is 13.0. The molecule has 1 fully saturated rings. The molecule has 0 aliphatic carbocycles. The van der Waals surface area contributed by atoms with Crippen molar-refractivity contribution >= 4 is 23.5 Å². The predicted octanol–water partition coefficient (Wildman–Crippen LogP) is 2.13. The Balaban J connectivity index is 1.96. The fraction of sp³-hybridized carbons (Fsp3) is 0.462. The molecule has 0 saturated carbocycles. The molecule has 3 heterocycles. The second-order valence-electron chi connectivity index (χ2n) is 5.70. The van der Waals surface area contributed by atoms with Crippen molar-refractivity contribution in [3.8, 4) is 0 Å². The first-order chi connectivity index (χ1) is 8.39. The van der Waals surface area contributed by atoms with Crippen molar-refractivity contribution < 1.29 is 13.7 Å². The highest BCUT2D eigenvalue weighted by atomic mass is 16.7. The predicted molar refractivity (Wildman–Crippen MR) is 69.7 cm³/mol. The van der Waals surface area contributed by atoms with Crippen LogP contribution in [0.3, 0.4) is 0 Å². The van der Waals surface area contributed by atoms with E-state index in [1.165, 1.54) is 0 Å². The summed E-state index contributed by atoms with van der Waals surface area (Å²) in [7, 11) is -0.373. The minimum atomic E-state index is -0.373. The third kappa shape index (κ3) is 1.66. The topological polar surface area (TPSA) is 44.5 Å². The monoisotopic (exact) mass is 245 g/mol. The molecule has 18 heavy (non-hydrogen) atoms. The minimum absolute atomic E-state index is 0.330. The first-order valence-electron chi connectivity index (χ1n) is 6.06. The van der Waals surface area contributed by atoms with Gasteiger partial charge in [0, 0.05) is 17.0 Å². The van der Waals surface area contributed by atoms with E-state index < -0.39 is 0 Å². The molecule has 0 spiro atoms. The van der Waals surface area contributed by atoms with Gasteiger partial charge in [0.15, 0.2) is 0 Å². The van der Waals surface area contributed by atoms with Gasteiger partial charge in [-0.2, -0.15) is 0 Å². The van der Waals surface area contributed by atoms with Gasteiger partial charge in [-0.05, 0) is 33.8 Å². The number of fused-ring (bicyclic) bond motifs is 1. The summed E-state index contributed by atoms with van der Waals surface area (Å²) in [5, 5.41) is 0.960. The quantitative estimate of drug-likeness (QED) is 0.722. The number of pyridine rings is 1. The van der Waals surface area contributed by atoms with E-state index in [9.17, 15) is 0 Å². The van der Waals surface area contributed by atoms with Crippen molar-refractivity contribution in [1.29, 1.82) is 0 Å². The summed E-state index contributed by atoms with van der Waals surface area (Å²) < 4.78 is 17.1. The number of furan rings is 1.